The van der Waals surface area contributed by atoms with Gasteiger partial charge in [0.05, 0.1) is 10.5 Å². The Bertz CT molecular complexity index is 585. The molecule has 0 saturated heterocycles. The predicted molar refractivity (Wildman–Crippen MR) is 61.2 cm³/mol. The molecule has 1 heterocycles. The number of hydrogen-bond donors (Lipinski definition) is 0. The normalized spacial score (nSPS) is 10.3. The Hall–Kier alpha value is -1.30. The molecule has 0 spiro atoms. The molecule has 0 aliphatic heterocycles. The number of hydrogen-bond acceptors (Lipinski definition) is 2. The summed E-state index contributed by atoms with van der Waals surface area (Å²) in [5.74, 6) is 0. The smallest absolute Gasteiger partial charge is 0.149 e. The molecule has 0 bridgehead atoms. The Morgan fingerprint density at radius 2 is 2.07 bits per heavy atom. The Balaban J connectivity index is 2.99. The van der Waals surface area contributed by atoms with Crippen molar-refractivity contribution in [3.05, 3.63) is 39.5 Å². The molecule has 0 amide bonds. The highest BCUT2D eigenvalue weighted by molar-refractivity contribution is 6.39. The first kappa shape index (κ1) is 10.2. The van der Waals surface area contributed by atoms with Crippen LogP contribution in [0, 0.1) is 18.3 Å². The van der Waals surface area contributed by atoms with Crippen molar-refractivity contribution in [2.75, 3.05) is 0 Å². The van der Waals surface area contributed by atoms with Crippen molar-refractivity contribution in [1.82, 2.24) is 4.98 Å². The van der Waals surface area contributed by atoms with Gasteiger partial charge in [0.25, 0.3) is 0 Å². The minimum atomic E-state index is 0.157. The van der Waals surface area contributed by atoms with E-state index in [1.807, 2.05) is 31.2 Å². The van der Waals surface area contributed by atoms with Crippen LogP contribution >= 0.6 is 23.2 Å². The molecule has 2 aromatic rings. The Morgan fingerprint density at radius 3 is 2.73 bits per heavy atom. The van der Waals surface area contributed by atoms with Gasteiger partial charge in [0, 0.05) is 5.39 Å². The molecule has 0 N–H and O–H groups in total. The molecule has 15 heavy (non-hydrogen) atoms. The lowest BCUT2D eigenvalue weighted by molar-refractivity contribution is 1.34. The topological polar surface area (TPSA) is 36.7 Å². The fourth-order valence-corrected chi connectivity index (χ4v) is 2.01. The van der Waals surface area contributed by atoms with Gasteiger partial charge in [-0.15, -0.1) is 0 Å². The lowest BCUT2D eigenvalue weighted by atomic mass is 10.1. The maximum absolute atomic E-state index is 8.87. The Kier molecular flexibility index (Phi) is 2.52. The van der Waals surface area contributed by atoms with Crippen molar-refractivity contribution in [2.24, 2.45) is 0 Å². The first-order chi connectivity index (χ1) is 7.15. The lowest BCUT2D eigenvalue weighted by Gasteiger charge is -2.05. The van der Waals surface area contributed by atoms with Gasteiger partial charge in [-0.1, -0.05) is 41.4 Å². The van der Waals surface area contributed by atoms with E-state index in [1.165, 1.54) is 0 Å². The average molecular weight is 237 g/mol. The molecular weight excluding hydrogens is 231 g/mol. The van der Waals surface area contributed by atoms with E-state index in [1.54, 1.807) is 0 Å². The molecule has 0 aliphatic rings. The van der Waals surface area contributed by atoms with Gasteiger partial charge in [-0.05, 0) is 12.5 Å². The van der Waals surface area contributed by atoms with Gasteiger partial charge in [-0.3, -0.25) is 0 Å². The molecule has 1 aromatic heterocycles. The van der Waals surface area contributed by atoms with Crippen molar-refractivity contribution in [1.29, 1.82) is 5.26 Å². The number of nitrogens with zero attached hydrogens (tertiary/aromatic N) is 2. The highest BCUT2D eigenvalue weighted by Gasteiger charge is 2.12. The van der Waals surface area contributed by atoms with Crippen molar-refractivity contribution < 1.29 is 0 Å². The maximum Gasteiger partial charge on any atom is 0.149 e. The zero-order valence-electron chi connectivity index (χ0n) is 7.88. The van der Waals surface area contributed by atoms with Crippen molar-refractivity contribution >= 4 is 34.1 Å². The van der Waals surface area contributed by atoms with Crippen LogP contribution in [0.15, 0.2) is 18.2 Å². The van der Waals surface area contributed by atoms with Crippen molar-refractivity contribution in [3.8, 4) is 6.07 Å². The minimum absolute atomic E-state index is 0.157. The van der Waals surface area contributed by atoms with Crippen LogP contribution in [0.1, 0.15) is 11.1 Å². The molecule has 0 atom stereocenters. The molecule has 2 rings (SSSR count). The van der Waals surface area contributed by atoms with Crippen molar-refractivity contribution in [2.45, 2.75) is 6.92 Å². The third-order valence-corrected chi connectivity index (χ3v) is 2.89. The second kappa shape index (κ2) is 3.69. The fraction of sp³-hybridized carbons (Fsp3) is 0.0909. The van der Waals surface area contributed by atoms with Crippen LogP contribution < -0.4 is 0 Å². The standard InChI is InChI=1S/C11H6Cl2N2/c1-6-3-2-4-7-9(12)8(5-14)11(13)15-10(6)7/h2-4H,1H3. The third kappa shape index (κ3) is 1.54. The number of aryl methyl sites for hydroxylation is 1. The van der Waals surface area contributed by atoms with E-state index in [0.717, 1.165) is 16.5 Å². The van der Waals surface area contributed by atoms with Gasteiger partial charge in [-0.2, -0.15) is 5.26 Å². The van der Waals surface area contributed by atoms with Crippen LogP contribution in [-0.4, -0.2) is 4.98 Å². The molecule has 0 fully saturated rings. The van der Waals surface area contributed by atoms with Gasteiger partial charge >= 0.3 is 0 Å². The number of aromatic nitrogens is 1. The van der Waals surface area contributed by atoms with Crippen LogP contribution in [0.25, 0.3) is 10.9 Å². The van der Waals surface area contributed by atoms with Gasteiger partial charge in [0.2, 0.25) is 0 Å². The second-order valence-corrected chi connectivity index (χ2v) is 3.91. The summed E-state index contributed by atoms with van der Waals surface area (Å²) in [6, 6.07) is 7.58. The number of pyridine rings is 1. The molecule has 0 radical (unpaired) electrons. The van der Waals surface area contributed by atoms with E-state index in [2.05, 4.69) is 4.98 Å². The van der Waals surface area contributed by atoms with Gasteiger partial charge in [0.1, 0.15) is 16.8 Å². The number of halogens is 2. The van der Waals surface area contributed by atoms with Crippen LogP contribution in [0.2, 0.25) is 10.2 Å². The summed E-state index contributed by atoms with van der Waals surface area (Å²) in [5, 5.41) is 10.2. The quantitative estimate of drug-likeness (QED) is 0.654. The summed E-state index contributed by atoms with van der Waals surface area (Å²) in [6.45, 7) is 1.92. The summed E-state index contributed by atoms with van der Waals surface area (Å²) < 4.78 is 0. The van der Waals surface area contributed by atoms with Crippen LogP contribution in [0.5, 0.6) is 0 Å². The summed E-state index contributed by atoms with van der Waals surface area (Å²) in [6.07, 6.45) is 0. The van der Waals surface area contributed by atoms with Crippen LogP contribution in [-0.2, 0) is 0 Å². The largest absolute Gasteiger partial charge is 0.234 e. The number of benzene rings is 1. The maximum atomic E-state index is 8.87. The summed E-state index contributed by atoms with van der Waals surface area (Å²) in [5.41, 5.74) is 1.96. The van der Waals surface area contributed by atoms with Gasteiger partial charge in [-0.25, -0.2) is 4.98 Å². The zero-order valence-corrected chi connectivity index (χ0v) is 9.39. The van der Waals surface area contributed by atoms with Gasteiger partial charge in [0.15, 0.2) is 0 Å². The van der Waals surface area contributed by atoms with Crippen LogP contribution in [0.4, 0.5) is 0 Å². The van der Waals surface area contributed by atoms with E-state index < -0.39 is 0 Å². The molecule has 0 saturated carbocycles. The zero-order chi connectivity index (χ0) is 11.0. The van der Waals surface area contributed by atoms with E-state index in [0.29, 0.717) is 5.02 Å². The Labute approximate surface area is 97.1 Å². The molecule has 2 nitrogen and oxygen atoms in total. The van der Waals surface area contributed by atoms with E-state index in [9.17, 15) is 0 Å². The first-order valence-corrected chi connectivity index (χ1v) is 5.05. The second-order valence-electron chi connectivity index (χ2n) is 3.17. The highest BCUT2D eigenvalue weighted by Crippen LogP contribution is 2.31. The lowest BCUT2D eigenvalue weighted by Crippen LogP contribution is -1.90. The van der Waals surface area contributed by atoms with E-state index >= 15 is 0 Å². The van der Waals surface area contributed by atoms with E-state index in [-0.39, 0.29) is 10.7 Å². The molecule has 74 valence electrons. The number of rotatable bonds is 0. The predicted octanol–water partition coefficient (Wildman–Crippen LogP) is 3.72. The average Bonchev–Trinajstić information content (AvgIpc) is 2.20. The molecular formula is C11H6Cl2N2. The minimum Gasteiger partial charge on any atom is -0.234 e. The third-order valence-electron chi connectivity index (χ3n) is 2.22. The number of para-hydroxylation sites is 1. The highest BCUT2D eigenvalue weighted by atomic mass is 35.5. The van der Waals surface area contributed by atoms with E-state index in [4.69, 9.17) is 28.5 Å². The number of nitriles is 1. The summed E-state index contributed by atoms with van der Waals surface area (Å²) in [4.78, 5) is 4.17. The summed E-state index contributed by atoms with van der Waals surface area (Å²) >= 11 is 11.9. The van der Waals surface area contributed by atoms with Crippen molar-refractivity contribution in [3.63, 3.8) is 0 Å². The molecule has 1 aromatic carbocycles. The fourth-order valence-electron chi connectivity index (χ4n) is 1.46. The SMILES string of the molecule is Cc1cccc2c(Cl)c(C#N)c(Cl)nc12. The summed E-state index contributed by atoms with van der Waals surface area (Å²) in [7, 11) is 0. The van der Waals surface area contributed by atoms with Crippen LogP contribution in [0.3, 0.4) is 0 Å². The van der Waals surface area contributed by atoms with Gasteiger partial charge < -0.3 is 0 Å². The Morgan fingerprint density at radius 1 is 1.33 bits per heavy atom. The molecule has 4 heteroatoms. The first-order valence-electron chi connectivity index (χ1n) is 4.29. The molecule has 0 aliphatic carbocycles. The monoisotopic (exact) mass is 236 g/mol. The number of fused-ring (bicyclic) bond motifs is 1. The molecule has 0 unspecified atom stereocenters.